The van der Waals surface area contributed by atoms with Crippen molar-refractivity contribution in [1.82, 2.24) is 15.5 Å². The lowest BCUT2D eigenvalue weighted by Gasteiger charge is -2.32. The van der Waals surface area contributed by atoms with E-state index in [1.165, 1.54) is 24.8 Å². The molecule has 1 aliphatic heterocycles. The molecular formula is C23H32N4O. The van der Waals surface area contributed by atoms with Crippen LogP contribution < -0.4 is 10.2 Å². The first-order valence-corrected chi connectivity index (χ1v) is 10.6. The summed E-state index contributed by atoms with van der Waals surface area (Å²) in [6.07, 6.45) is 6.68. The number of nitrogens with zero attached hydrogens (tertiary/aromatic N) is 3. The molecule has 1 fully saturated rings. The Kier molecular flexibility index (Phi) is 7.40. The number of anilines is 1. The van der Waals surface area contributed by atoms with E-state index in [2.05, 4.69) is 52.5 Å². The molecule has 1 saturated heterocycles. The smallest absolute Gasteiger partial charge is 0.224 e. The SMILES string of the molecule is CCCCCCNC(=O)[C@@H]1CCCN(c2ccc(-c3cccc(C)c3)nn2)C1. The second-order valence-electron chi connectivity index (χ2n) is 7.78. The van der Waals surface area contributed by atoms with Crippen molar-refractivity contribution >= 4 is 11.7 Å². The molecular weight excluding hydrogens is 348 g/mol. The molecule has 0 radical (unpaired) electrons. The van der Waals surface area contributed by atoms with E-state index in [0.717, 1.165) is 56.0 Å². The van der Waals surface area contributed by atoms with E-state index < -0.39 is 0 Å². The molecule has 2 heterocycles. The molecule has 2 aromatic rings. The maximum absolute atomic E-state index is 12.5. The van der Waals surface area contributed by atoms with Gasteiger partial charge in [0.15, 0.2) is 5.82 Å². The van der Waals surface area contributed by atoms with Gasteiger partial charge >= 0.3 is 0 Å². The fourth-order valence-corrected chi connectivity index (χ4v) is 3.76. The monoisotopic (exact) mass is 380 g/mol. The maximum Gasteiger partial charge on any atom is 0.224 e. The predicted molar refractivity (Wildman–Crippen MR) is 114 cm³/mol. The second kappa shape index (κ2) is 10.2. The number of piperidine rings is 1. The molecule has 1 amide bonds. The maximum atomic E-state index is 12.5. The zero-order valence-electron chi connectivity index (χ0n) is 17.2. The van der Waals surface area contributed by atoms with Crippen molar-refractivity contribution in [1.29, 1.82) is 0 Å². The molecule has 1 N–H and O–H groups in total. The summed E-state index contributed by atoms with van der Waals surface area (Å²) in [7, 11) is 0. The van der Waals surface area contributed by atoms with Crippen LogP contribution in [0.2, 0.25) is 0 Å². The minimum absolute atomic E-state index is 0.0400. The molecule has 0 saturated carbocycles. The van der Waals surface area contributed by atoms with Crippen molar-refractivity contribution in [3.8, 4) is 11.3 Å². The summed E-state index contributed by atoms with van der Waals surface area (Å²) in [5, 5.41) is 12.0. The van der Waals surface area contributed by atoms with Crippen LogP contribution in [0.15, 0.2) is 36.4 Å². The van der Waals surface area contributed by atoms with Crippen LogP contribution in [-0.2, 0) is 4.79 Å². The summed E-state index contributed by atoms with van der Waals surface area (Å²) in [6, 6.07) is 12.3. The number of nitrogens with one attached hydrogen (secondary N) is 1. The van der Waals surface area contributed by atoms with E-state index in [-0.39, 0.29) is 11.8 Å². The van der Waals surface area contributed by atoms with Gasteiger partial charge in [0.2, 0.25) is 5.91 Å². The summed E-state index contributed by atoms with van der Waals surface area (Å²) >= 11 is 0. The van der Waals surface area contributed by atoms with Crippen molar-refractivity contribution in [2.24, 2.45) is 5.92 Å². The van der Waals surface area contributed by atoms with Gasteiger partial charge in [-0.2, -0.15) is 0 Å². The summed E-state index contributed by atoms with van der Waals surface area (Å²) in [6.45, 7) is 6.72. The lowest BCUT2D eigenvalue weighted by molar-refractivity contribution is -0.125. The Morgan fingerprint density at radius 1 is 1.18 bits per heavy atom. The van der Waals surface area contributed by atoms with Crippen molar-refractivity contribution in [2.75, 3.05) is 24.5 Å². The molecule has 0 spiro atoms. The molecule has 5 nitrogen and oxygen atoms in total. The first-order chi connectivity index (χ1) is 13.7. The van der Waals surface area contributed by atoms with Crippen molar-refractivity contribution < 1.29 is 4.79 Å². The first-order valence-electron chi connectivity index (χ1n) is 10.6. The van der Waals surface area contributed by atoms with Gasteiger partial charge in [0, 0.05) is 25.2 Å². The van der Waals surface area contributed by atoms with E-state index in [0.29, 0.717) is 0 Å². The Balaban J connectivity index is 1.55. The molecule has 150 valence electrons. The number of aromatic nitrogens is 2. The quantitative estimate of drug-likeness (QED) is 0.691. The van der Waals surface area contributed by atoms with Gasteiger partial charge in [-0.05, 0) is 44.4 Å². The zero-order chi connectivity index (χ0) is 19.8. The fourth-order valence-electron chi connectivity index (χ4n) is 3.76. The Morgan fingerprint density at radius 3 is 2.82 bits per heavy atom. The van der Waals surface area contributed by atoms with E-state index in [4.69, 9.17) is 0 Å². The average molecular weight is 381 g/mol. The number of amides is 1. The molecule has 0 bridgehead atoms. The molecule has 0 aliphatic carbocycles. The third kappa shape index (κ3) is 5.54. The molecule has 0 unspecified atom stereocenters. The van der Waals surface area contributed by atoms with Crippen LogP contribution in [0.3, 0.4) is 0 Å². The number of carbonyl (C=O) groups excluding carboxylic acids is 1. The fraction of sp³-hybridized carbons (Fsp3) is 0.522. The molecule has 1 aromatic heterocycles. The highest BCUT2D eigenvalue weighted by atomic mass is 16.1. The average Bonchev–Trinajstić information content (AvgIpc) is 2.74. The topological polar surface area (TPSA) is 58.1 Å². The summed E-state index contributed by atoms with van der Waals surface area (Å²) < 4.78 is 0. The summed E-state index contributed by atoms with van der Waals surface area (Å²) in [5.41, 5.74) is 3.17. The number of rotatable bonds is 8. The standard InChI is InChI=1S/C23H32N4O/c1-3-4-5-6-14-24-23(28)20-11-8-15-27(17-20)22-13-12-21(25-26-22)19-10-7-9-18(2)16-19/h7,9-10,12-13,16,20H,3-6,8,11,14-15,17H2,1-2H3,(H,24,28)/t20-/m1/s1. The Labute approximate surface area is 168 Å². The predicted octanol–water partition coefficient (Wildman–Crippen LogP) is 4.36. The van der Waals surface area contributed by atoms with Crippen LogP contribution in [-0.4, -0.2) is 35.7 Å². The van der Waals surface area contributed by atoms with E-state index in [1.54, 1.807) is 0 Å². The van der Waals surface area contributed by atoms with Crippen LogP contribution in [0.4, 0.5) is 5.82 Å². The normalized spacial score (nSPS) is 16.8. The third-order valence-corrected chi connectivity index (χ3v) is 5.41. The van der Waals surface area contributed by atoms with Gasteiger partial charge in [0.05, 0.1) is 11.6 Å². The van der Waals surface area contributed by atoms with Gasteiger partial charge in [0.1, 0.15) is 0 Å². The third-order valence-electron chi connectivity index (χ3n) is 5.41. The van der Waals surface area contributed by atoms with Crippen molar-refractivity contribution in [2.45, 2.75) is 52.4 Å². The molecule has 3 rings (SSSR count). The summed E-state index contributed by atoms with van der Waals surface area (Å²) in [5.74, 6) is 1.08. The van der Waals surface area contributed by atoms with E-state index >= 15 is 0 Å². The molecule has 1 atom stereocenters. The highest BCUT2D eigenvalue weighted by Crippen LogP contribution is 2.24. The molecule has 5 heteroatoms. The van der Waals surface area contributed by atoms with Crippen molar-refractivity contribution in [3.63, 3.8) is 0 Å². The molecule has 28 heavy (non-hydrogen) atoms. The van der Waals surface area contributed by atoms with Crippen LogP contribution in [0.1, 0.15) is 51.0 Å². The van der Waals surface area contributed by atoms with Gasteiger partial charge in [-0.3, -0.25) is 4.79 Å². The van der Waals surface area contributed by atoms with E-state index in [1.807, 2.05) is 18.2 Å². The highest BCUT2D eigenvalue weighted by molar-refractivity contribution is 5.79. The minimum Gasteiger partial charge on any atom is -0.356 e. The minimum atomic E-state index is 0.0400. The Morgan fingerprint density at radius 2 is 2.07 bits per heavy atom. The van der Waals surface area contributed by atoms with Crippen LogP contribution in [0, 0.1) is 12.8 Å². The number of unbranched alkanes of at least 4 members (excludes halogenated alkanes) is 3. The highest BCUT2D eigenvalue weighted by Gasteiger charge is 2.26. The van der Waals surface area contributed by atoms with Crippen molar-refractivity contribution in [3.05, 3.63) is 42.0 Å². The molecule has 1 aliphatic rings. The van der Waals surface area contributed by atoms with E-state index in [9.17, 15) is 4.79 Å². The first kappa shape index (κ1) is 20.3. The van der Waals surface area contributed by atoms with Gasteiger partial charge in [-0.25, -0.2) is 0 Å². The summed E-state index contributed by atoms with van der Waals surface area (Å²) in [4.78, 5) is 14.7. The lowest BCUT2D eigenvalue weighted by Crippen LogP contribution is -2.43. The van der Waals surface area contributed by atoms with Gasteiger partial charge in [-0.15, -0.1) is 10.2 Å². The Hall–Kier alpha value is -2.43. The number of hydrogen-bond donors (Lipinski definition) is 1. The lowest BCUT2D eigenvalue weighted by atomic mass is 9.97. The van der Waals surface area contributed by atoms with Gasteiger partial charge < -0.3 is 10.2 Å². The van der Waals surface area contributed by atoms with Crippen LogP contribution >= 0.6 is 0 Å². The van der Waals surface area contributed by atoms with Gasteiger partial charge in [-0.1, -0.05) is 49.9 Å². The van der Waals surface area contributed by atoms with Crippen LogP contribution in [0.5, 0.6) is 0 Å². The largest absolute Gasteiger partial charge is 0.356 e. The number of hydrogen-bond acceptors (Lipinski definition) is 4. The zero-order valence-corrected chi connectivity index (χ0v) is 17.2. The van der Waals surface area contributed by atoms with Gasteiger partial charge in [0.25, 0.3) is 0 Å². The number of benzene rings is 1. The molecule has 1 aromatic carbocycles. The van der Waals surface area contributed by atoms with Crippen LogP contribution in [0.25, 0.3) is 11.3 Å². The number of aryl methyl sites for hydroxylation is 1. The second-order valence-corrected chi connectivity index (χ2v) is 7.78. The Bertz CT molecular complexity index is 759. The number of carbonyl (C=O) groups is 1.